The van der Waals surface area contributed by atoms with Crippen LogP contribution in [0, 0.1) is 0 Å². The number of ether oxygens (including phenoxy) is 2. The Bertz CT molecular complexity index is 669. The summed E-state index contributed by atoms with van der Waals surface area (Å²) in [5, 5.41) is 10.2. The van der Waals surface area contributed by atoms with Crippen LogP contribution < -0.4 is 15.2 Å². The van der Waals surface area contributed by atoms with Crippen molar-refractivity contribution in [3.8, 4) is 22.8 Å². The number of hydrogen-bond donors (Lipinski definition) is 2. The number of benzene rings is 1. The summed E-state index contributed by atoms with van der Waals surface area (Å²) in [4.78, 5) is 13.6. The van der Waals surface area contributed by atoms with Crippen LogP contribution in [-0.2, 0) is 0 Å². The Kier molecular flexibility index (Phi) is 5.53. The first-order chi connectivity index (χ1) is 11.0. The van der Waals surface area contributed by atoms with Crippen LogP contribution in [0.5, 0.6) is 11.5 Å². The summed E-state index contributed by atoms with van der Waals surface area (Å²) in [5.74, 6) is 0.422. The highest BCUT2D eigenvalue weighted by atomic mass is 16.5. The van der Waals surface area contributed by atoms with Crippen LogP contribution in [0.2, 0.25) is 0 Å². The van der Waals surface area contributed by atoms with Gasteiger partial charge in [0, 0.05) is 6.54 Å². The molecule has 2 rings (SSSR count). The van der Waals surface area contributed by atoms with Crippen molar-refractivity contribution in [1.82, 2.24) is 20.3 Å². The van der Waals surface area contributed by atoms with E-state index in [0.29, 0.717) is 29.4 Å². The molecule has 8 heteroatoms. The number of primary amides is 1. The van der Waals surface area contributed by atoms with Crippen LogP contribution in [-0.4, -0.2) is 60.6 Å². The Labute approximate surface area is 134 Å². The zero-order valence-electron chi connectivity index (χ0n) is 13.5. The van der Waals surface area contributed by atoms with Crippen LogP contribution in [0.4, 0.5) is 0 Å². The van der Waals surface area contributed by atoms with Crippen molar-refractivity contribution in [2.45, 2.75) is 6.42 Å². The van der Waals surface area contributed by atoms with E-state index in [-0.39, 0.29) is 5.69 Å². The number of aromatic nitrogens is 3. The molecule has 0 spiro atoms. The molecule has 8 nitrogen and oxygen atoms in total. The Morgan fingerprint density at radius 2 is 2.13 bits per heavy atom. The van der Waals surface area contributed by atoms with Gasteiger partial charge in [-0.05, 0) is 32.6 Å². The van der Waals surface area contributed by atoms with Gasteiger partial charge in [0.05, 0.1) is 19.3 Å². The zero-order valence-corrected chi connectivity index (χ0v) is 13.5. The summed E-state index contributed by atoms with van der Waals surface area (Å²) in [6.45, 7) is 1.41. The molecule has 0 aliphatic carbocycles. The van der Waals surface area contributed by atoms with E-state index < -0.39 is 5.91 Å². The molecule has 0 bridgehead atoms. The Hall–Kier alpha value is -2.61. The Morgan fingerprint density at radius 3 is 2.78 bits per heavy atom. The Balaban J connectivity index is 2.32. The van der Waals surface area contributed by atoms with E-state index in [9.17, 15) is 4.79 Å². The minimum absolute atomic E-state index is 0.0661. The number of nitrogens with zero attached hydrogens (tertiary/aromatic N) is 3. The fourth-order valence-electron chi connectivity index (χ4n) is 2.16. The summed E-state index contributed by atoms with van der Waals surface area (Å²) in [6, 6.07) is 5.36. The van der Waals surface area contributed by atoms with E-state index in [1.54, 1.807) is 25.3 Å². The molecule has 1 aromatic carbocycles. The summed E-state index contributed by atoms with van der Waals surface area (Å²) < 4.78 is 11.2. The molecular weight excluding hydrogens is 298 g/mol. The maximum atomic E-state index is 11.5. The quantitative estimate of drug-likeness (QED) is 0.700. The average molecular weight is 319 g/mol. The van der Waals surface area contributed by atoms with E-state index in [4.69, 9.17) is 15.2 Å². The number of aromatic amines is 1. The number of nitrogens with one attached hydrogen (secondary N) is 1. The zero-order chi connectivity index (χ0) is 16.8. The smallest absolute Gasteiger partial charge is 0.271 e. The highest BCUT2D eigenvalue weighted by Crippen LogP contribution is 2.38. The monoisotopic (exact) mass is 319 g/mol. The highest BCUT2D eigenvalue weighted by molar-refractivity contribution is 5.97. The fraction of sp³-hybridized carbons (Fsp3) is 0.400. The number of amides is 1. The van der Waals surface area contributed by atoms with E-state index in [2.05, 4.69) is 20.3 Å². The number of nitrogens with two attached hydrogens (primary N) is 1. The normalized spacial score (nSPS) is 10.8. The Morgan fingerprint density at radius 1 is 1.35 bits per heavy atom. The van der Waals surface area contributed by atoms with Crippen molar-refractivity contribution >= 4 is 5.91 Å². The lowest BCUT2D eigenvalue weighted by molar-refractivity contribution is 0.0996. The molecule has 124 valence electrons. The number of hydrogen-bond acceptors (Lipinski definition) is 6. The van der Waals surface area contributed by atoms with Gasteiger partial charge in [-0.3, -0.25) is 4.79 Å². The summed E-state index contributed by atoms with van der Waals surface area (Å²) >= 11 is 0. The third-order valence-corrected chi connectivity index (χ3v) is 3.23. The summed E-state index contributed by atoms with van der Waals surface area (Å²) in [7, 11) is 5.57. The summed E-state index contributed by atoms with van der Waals surface area (Å²) in [6.07, 6.45) is 0.853. The molecule has 3 N–H and O–H groups in total. The SMILES string of the molecule is COc1cccc(-c2n[nH]nc2C(N)=O)c1OCCCN(C)C. The molecule has 0 saturated carbocycles. The molecule has 0 saturated heterocycles. The first kappa shape index (κ1) is 16.8. The molecule has 2 aromatic rings. The van der Waals surface area contributed by atoms with Crippen LogP contribution in [0.25, 0.3) is 11.3 Å². The van der Waals surface area contributed by atoms with Crippen LogP contribution in [0.3, 0.4) is 0 Å². The van der Waals surface area contributed by atoms with Gasteiger partial charge in [-0.25, -0.2) is 0 Å². The molecule has 1 amide bonds. The average Bonchev–Trinajstić information content (AvgIpc) is 3.00. The number of methoxy groups -OCH3 is 1. The second kappa shape index (κ2) is 7.59. The van der Waals surface area contributed by atoms with Gasteiger partial charge in [0.2, 0.25) is 0 Å². The lowest BCUT2D eigenvalue weighted by Gasteiger charge is -2.15. The van der Waals surface area contributed by atoms with E-state index in [1.165, 1.54) is 0 Å². The number of carbonyl (C=O) groups is 1. The molecule has 0 fully saturated rings. The van der Waals surface area contributed by atoms with Gasteiger partial charge < -0.3 is 20.1 Å². The van der Waals surface area contributed by atoms with Gasteiger partial charge in [0.15, 0.2) is 17.2 Å². The molecular formula is C15H21N5O3. The lowest BCUT2D eigenvalue weighted by atomic mass is 10.1. The standard InChI is InChI=1S/C15H21N5O3/c1-20(2)8-5-9-23-14-10(6-4-7-11(14)22-3)12-13(15(16)21)18-19-17-12/h4,6-7H,5,8-9H2,1-3H3,(H2,16,21)(H,17,18,19). The minimum atomic E-state index is -0.657. The number of carbonyl (C=O) groups excluding carboxylic acids is 1. The first-order valence-electron chi connectivity index (χ1n) is 7.20. The topological polar surface area (TPSA) is 106 Å². The summed E-state index contributed by atoms with van der Waals surface area (Å²) in [5.41, 5.74) is 6.35. The third-order valence-electron chi connectivity index (χ3n) is 3.23. The van der Waals surface area contributed by atoms with Gasteiger partial charge in [0.25, 0.3) is 5.91 Å². The number of rotatable bonds is 8. The molecule has 0 aliphatic heterocycles. The van der Waals surface area contributed by atoms with Crippen LogP contribution >= 0.6 is 0 Å². The molecule has 0 atom stereocenters. The maximum absolute atomic E-state index is 11.5. The van der Waals surface area contributed by atoms with Crippen molar-refractivity contribution in [3.63, 3.8) is 0 Å². The third kappa shape index (κ3) is 3.98. The largest absolute Gasteiger partial charge is 0.493 e. The molecule has 0 unspecified atom stereocenters. The van der Waals surface area contributed by atoms with Crippen molar-refractivity contribution in [3.05, 3.63) is 23.9 Å². The second-order valence-corrected chi connectivity index (χ2v) is 5.23. The number of H-pyrrole nitrogens is 1. The lowest BCUT2D eigenvalue weighted by Crippen LogP contribution is -2.16. The van der Waals surface area contributed by atoms with E-state index >= 15 is 0 Å². The van der Waals surface area contributed by atoms with Crippen molar-refractivity contribution in [1.29, 1.82) is 0 Å². The minimum Gasteiger partial charge on any atom is -0.493 e. The van der Waals surface area contributed by atoms with Gasteiger partial charge in [0.1, 0.15) is 5.69 Å². The van der Waals surface area contributed by atoms with Crippen molar-refractivity contribution in [2.75, 3.05) is 34.4 Å². The van der Waals surface area contributed by atoms with Gasteiger partial charge in [-0.1, -0.05) is 6.07 Å². The van der Waals surface area contributed by atoms with Gasteiger partial charge in [-0.15, -0.1) is 0 Å². The molecule has 1 heterocycles. The molecule has 0 radical (unpaired) electrons. The first-order valence-corrected chi connectivity index (χ1v) is 7.20. The fourth-order valence-corrected chi connectivity index (χ4v) is 2.16. The van der Waals surface area contributed by atoms with Crippen molar-refractivity contribution in [2.24, 2.45) is 5.73 Å². The van der Waals surface area contributed by atoms with E-state index in [1.807, 2.05) is 14.1 Å². The van der Waals surface area contributed by atoms with Crippen molar-refractivity contribution < 1.29 is 14.3 Å². The highest BCUT2D eigenvalue weighted by Gasteiger charge is 2.21. The molecule has 1 aromatic heterocycles. The maximum Gasteiger partial charge on any atom is 0.271 e. The van der Waals surface area contributed by atoms with Crippen LogP contribution in [0.15, 0.2) is 18.2 Å². The molecule has 23 heavy (non-hydrogen) atoms. The van der Waals surface area contributed by atoms with Gasteiger partial charge in [-0.2, -0.15) is 15.4 Å². The van der Waals surface area contributed by atoms with E-state index in [0.717, 1.165) is 13.0 Å². The second-order valence-electron chi connectivity index (χ2n) is 5.23. The van der Waals surface area contributed by atoms with Gasteiger partial charge >= 0.3 is 0 Å². The molecule has 0 aliphatic rings. The van der Waals surface area contributed by atoms with Crippen LogP contribution in [0.1, 0.15) is 16.9 Å². The number of para-hydroxylation sites is 1. The predicted octanol–water partition coefficient (Wildman–Crippen LogP) is 0.910. The predicted molar refractivity (Wildman–Crippen MR) is 85.6 cm³/mol.